The molecule has 1 heterocycles. The molecule has 0 radical (unpaired) electrons. The van der Waals surface area contributed by atoms with E-state index in [0.717, 1.165) is 28.6 Å². The van der Waals surface area contributed by atoms with Gasteiger partial charge in [0, 0.05) is 23.7 Å². The van der Waals surface area contributed by atoms with Gasteiger partial charge >= 0.3 is 0 Å². The summed E-state index contributed by atoms with van der Waals surface area (Å²) in [5, 5.41) is 4.58. The molecule has 1 aromatic carbocycles. The van der Waals surface area contributed by atoms with Gasteiger partial charge in [0.25, 0.3) is 0 Å². The van der Waals surface area contributed by atoms with E-state index in [1.165, 1.54) is 4.88 Å². The molecule has 0 saturated heterocycles. The van der Waals surface area contributed by atoms with Crippen molar-refractivity contribution in [2.24, 2.45) is 0 Å². The first-order valence-corrected chi connectivity index (χ1v) is 7.31. The number of benzene rings is 1. The minimum atomic E-state index is 0.228. The van der Waals surface area contributed by atoms with Gasteiger partial charge in [-0.15, -0.1) is 11.3 Å². The first-order chi connectivity index (χ1) is 9.62. The minimum absolute atomic E-state index is 0.228. The normalized spacial score (nSPS) is 12.2. The molecule has 0 saturated carbocycles. The molecule has 2 aromatic rings. The summed E-state index contributed by atoms with van der Waals surface area (Å²) in [4.78, 5) is 5.64. The van der Waals surface area contributed by atoms with Gasteiger partial charge in [0.15, 0.2) is 0 Å². The molecule has 1 aromatic heterocycles. The molecule has 1 N–H and O–H groups in total. The van der Waals surface area contributed by atoms with E-state index in [2.05, 4.69) is 24.1 Å². The summed E-state index contributed by atoms with van der Waals surface area (Å²) in [5.41, 5.74) is 1.13. The predicted octanol–water partition coefficient (Wildman–Crippen LogP) is 3.32. The molecular formula is C15H20N2O2S. The third-order valence-electron chi connectivity index (χ3n) is 3.03. The summed E-state index contributed by atoms with van der Waals surface area (Å²) in [7, 11) is 3.32. The van der Waals surface area contributed by atoms with Crippen LogP contribution in [0.2, 0.25) is 0 Å². The number of hydrogen-bond acceptors (Lipinski definition) is 5. The molecule has 0 aliphatic carbocycles. The van der Waals surface area contributed by atoms with Gasteiger partial charge in [0.05, 0.1) is 20.3 Å². The quantitative estimate of drug-likeness (QED) is 0.887. The smallest absolute Gasteiger partial charge is 0.122 e. The Balaban J connectivity index is 2.03. The number of nitrogens with one attached hydrogen (secondary N) is 1. The molecule has 0 aliphatic heterocycles. The van der Waals surface area contributed by atoms with Gasteiger partial charge in [-0.05, 0) is 31.5 Å². The van der Waals surface area contributed by atoms with Crippen LogP contribution in [0.4, 0.5) is 0 Å². The van der Waals surface area contributed by atoms with E-state index in [0.29, 0.717) is 0 Å². The summed E-state index contributed by atoms with van der Waals surface area (Å²) in [6.07, 6.45) is 1.91. The Kier molecular flexibility index (Phi) is 4.98. The number of methoxy groups -OCH3 is 2. The lowest BCUT2D eigenvalue weighted by Gasteiger charge is -2.13. The van der Waals surface area contributed by atoms with Gasteiger partial charge in [-0.25, -0.2) is 4.98 Å². The molecule has 4 nitrogen and oxygen atoms in total. The topological polar surface area (TPSA) is 43.4 Å². The number of thiazole rings is 1. The number of nitrogens with zero attached hydrogens (tertiary/aromatic N) is 1. The Labute approximate surface area is 123 Å². The third kappa shape index (κ3) is 3.71. The fourth-order valence-corrected chi connectivity index (χ4v) is 2.70. The lowest BCUT2D eigenvalue weighted by Crippen LogP contribution is -2.17. The Morgan fingerprint density at radius 3 is 2.35 bits per heavy atom. The van der Waals surface area contributed by atoms with Crippen LogP contribution in [0.15, 0.2) is 24.4 Å². The van der Waals surface area contributed by atoms with Crippen LogP contribution in [0.3, 0.4) is 0 Å². The molecule has 2 rings (SSSR count). The third-order valence-corrected chi connectivity index (χ3v) is 4.13. The zero-order valence-electron chi connectivity index (χ0n) is 12.3. The summed E-state index contributed by atoms with van der Waals surface area (Å²) in [6, 6.07) is 6.12. The van der Waals surface area contributed by atoms with Crippen molar-refractivity contribution in [2.45, 2.75) is 26.4 Å². The van der Waals surface area contributed by atoms with Gasteiger partial charge in [0.2, 0.25) is 0 Å². The van der Waals surface area contributed by atoms with Crippen LogP contribution < -0.4 is 14.8 Å². The molecule has 5 heteroatoms. The molecular weight excluding hydrogens is 272 g/mol. The van der Waals surface area contributed by atoms with Crippen molar-refractivity contribution in [3.8, 4) is 11.5 Å². The first-order valence-electron chi connectivity index (χ1n) is 6.50. The highest BCUT2D eigenvalue weighted by Crippen LogP contribution is 2.24. The molecule has 0 fully saturated rings. The zero-order chi connectivity index (χ0) is 14.5. The number of rotatable bonds is 6. The van der Waals surface area contributed by atoms with Crippen LogP contribution in [-0.4, -0.2) is 19.2 Å². The first kappa shape index (κ1) is 14.8. The average molecular weight is 292 g/mol. The minimum Gasteiger partial charge on any atom is -0.497 e. The van der Waals surface area contributed by atoms with Crippen LogP contribution in [-0.2, 0) is 6.54 Å². The summed E-state index contributed by atoms with van der Waals surface area (Å²) in [6.45, 7) is 4.93. The van der Waals surface area contributed by atoms with Crippen molar-refractivity contribution >= 4 is 11.3 Å². The Morgan fingerprint density at radius 2 is 1.85 bits per heavy atom. The highest BCUT2D eigenvalue weighted by Gasteiger charge is 2.09. The lowest BCUT2D eigenvalue weighted by atomic mass is 10.2. The van der Waals surface area contributed by atoms with Gasteiger partial charge in [-0.1, -0.05) is 0 Å². The van der Waals surface area contributed by atoms with Gasteiger partial charge < -0.3 is 14.8 Å². The van der Waals surface area contributed by atoms with Crippen molar-refractivity contribution in [2.75, 3.05) is 14.2 Å². The molecule has 1 unspecified atom stereocenters. The van der Waals surface area contributed by atoms with Crippen molar-refractivity contribution in [3.63, 3.8) is 0 Å². The van der Waals surface area contributed by atoms with E-state index >= 15 is 0 Å². The van der Waals surface area contributed by atoms with E-state index < -0.39 is 0 Å². The second-order valence-electron chi connectivity index (χ2n) is 4.63. The molecule has 1 atom stereocenters. The highest BCUT2D eigenvalue weighted by molar-refractivity contribution is 7.11. The molecule has 108 valence electrons. The lowest BCUT2D eigenvalue weighted by molar-refractivity contribution is 0.392. The summed E-state index contributed by atoms with van der Waals surface area (Å²) in [5.74, 6) is 1.61. The average Bonchev–Trinajstić information content (AvgIpc) is 2.91. The van der Waals surface area contributed by atoms with Crippen LogP contribution in [0, 0.1) is 6.92 Å². The maximum absolute atomic E-state index is 5.27. The maximum Gasteiger partial charge on any atom is 0.122 e. The van der Waals surface area contributed by atoms with Gasteiger partial charge in [-0.3, -0.25) is 0 Å². The SMILES string of the molecule is COc1cc(CNC(C)c2ncc(C)s2)cc(OC)c1. The molecule has 0 aliphatic rings. The van der Waals surface area contributed by atoms with Crippen molar-refractivity contribution < 1.29 is 9.47 Å². The Morgan fingerprint density at radius 1 is 1.20 bits per heavy atom. The van der Waals surface area contributed by atoms with E-state index in [-0.39, 0.29) is 6.04 Å². The van der Waals surface area contributed by atoms with E-state index in [1.54, 1.807) is 25.6 Å². The van der Waals surface area contributed by atoms with Crippen LogP contribution in [0.25, 0.3) is 0 Å². The second-order valence-corrected chi connectivity index (χ2v) is 5.90. The van der Waals surface area contributed by atoms with E-state index in [9.17, 15) is 0 Å². The van der Waals surface area contributed by atoms with Crippen LogP contribution in [0.1, 0.15) is 28.4 Å². The van der Waals surface area contributed by atoms with Crippen molar-refractivity contribution in [1.29, 1.82) is 0 Å². The molecule has 0 spiro atoms. The monoisotopic (exact) mass is 292 g/mol. The fourth-order valence-electron chi connectivity index (χ4n) is 1.90. The molecule has 0 amide bonds. The Hall–Kier alpha value is -1.59. The number of aryl methyl sites for hydroxylation is 1. The van der Waals surface area contributed by atoms with E-state index in [4.69, 9.17) is 9.47 Å². The van der Waals surface area contributed by atoms with Crippen molar-refractivity contribution in [1.82, 2.24) is 10.3 Å². The molecule has 0 bridgehead atoms. The summed E-state index contributed by atoms with van der Waals surface area (Å²) < 4.78 is 10.5. The van der Waals surface area contributed by atoms with E-state index in [1.807, 2.05) is 24.4 Å². The largest absolute Gasteiger partial charge is 0.497 e. The number of ether oxygens (including phenoxy) is 2. The number of aromatic nitrogens is 1. The van der Waals surface area contributed by atoms with Gasteiger partial charge in [0.1, 0.15) is 16.5 Å². The van der Waals surface area contributed by atoms with Crippen LogP contribution >= 0.6 is 11.3 Å². The molecule has 20 heavy (non-hydrogen) atoms. The predicted molar refractivity (Wildman–Crippen MR) is 81.7 cm³/mol. The standard InChI is InChI=1S/C15H20N2O2S/c1-10-8-17-15(20-10)11(2)16-9-12-5-13(18-3)7-14(6-12)19-4/h5-8,11,16H,9H2,1-4H3. The fraction of sp³-hybridized carbons (Fsp3) is 0.400. The van der Waals surface area contributed by atoms with Gasteiger partial charge in [-0.2, -0.15) is 0 Å². The highest BCUT2D eigenvalue weighted by atomic mass is 32.1. The van der Waals surface area contributed by atoms with Crippen molar-refractivity contribution in [3.05, 3.63) is 39.8 Å². The summed E-state index contributed by atoms with van der Waals surface area (Å²) >= 11 is 1.72. The maximum atomic E-state index is 5.27. The Bertz CT molecular complexity index is 547. The van der Waals surface area contributed by atoms with Crippen LogP contribution in [0.5, 0.6) is 11.5 Å². The second kappa shape index (κ2) is 6.72. The number of hydrogen-bond donors (Lipinski definition) is 1. The zero-order valence-corrected chi connectivity index (χ0v) is 13.1.